The molecule has 1 aliphatic carbocycles. The second kappa shape index (κ2) is 5.03. The third kappa shape index (κ3) is 2.17. The van der Waals surface area contributed by atoms with Crippen LogP contribution in [-0.4, -0.2) is 33.7 Å². The lowest BCUT2D eigenvalue weighted by Crippen LogP contribution is -2.48. The van der Waals surface area contributed by atoms with E-state index >= 15 is 0 Å². The van der Waals surface area contributed by atoms with E-state index in [0.29, 0.717) is 12.8 Å². The van der Waals surface area contributed by atoms with Gasteiger partial charge in [-0.2, -0.15) is 5.10 Å². The standard InChI is InChI=1S/C14H16N4O2/c19-12-14(6-2-1-3-7-14)17-13(20)18(12)16-10-11-4-8-15-9-5-11/h4-5,8-10H,1-3,6-7H2,(H,17,20)/b16-10+. The zero-order valence-corrected chi connectivity index (χ0v) is 11.1. The Morgan fingerprint density at radius 2 is 1.90 bits per heavy atom. The van der Waals surface area contributed by atoms with E-state index in [1.165, 1.54) is 6.21 Å². The highest BCUT2D eigenvalue weighted by Crippen LogP contribution is 2.33. The average molecular weight is 272 g/mol. The number of hydrazone groups is 1. The van der Waals surface area contributed by atoms with Gasteiger partial charge in [-0.25, -0.2) is 4.79 Å². The number of nitrogens with one attached hydrogen (secondary N) is 1. The molecule has 1 saturated carbocycles. The van der Waals surface area contributed by atoms with E-state index in [1.54, 1.807) is 24.5 Å². The zero-order chi connectivity index (χ0) is 14.0. The molecule has 1 N–H and O–H groups in total. The van der Waals surface area contributed by atoms with Gasteiger partial charge in [0, 0.05) is 12.4 Å². The molecule has 3 amide bonds. The van der Waals surface area contributed by atoms with Crippen molar-refractivity contribution in [1.29, 1.82) is 0 Å². The first kappa shape index (κ1) is 12.8. The normalized spacial score (nSPS) is 21.7. The van der Waals surface area contributed by atoms with Gasteiger partial charge >= 0.3 is 6.03 Å². The van der Waals surface area contributed by atoms with Gasteiger partial charge < -0.3 is 5.32 Å². The van der Waals surface area contributed by atoms with Crippen LogP contribution in [0.15, 0.2) is 29.6 Å². The molecule has 1 spiro atoms. The number of carbonyl (C=O) groups excluding carboxylic acids is 2. The van der Waals surface area contributed by atoms with Gasteiger partial charge in [0.2, 0.25) is 0 Å². The highest BCUT2D eigenvalue weighted by Gasteiger charge is 2.51. The zero-order valence-electron chi connectivity index (χ0n) is 11.1. The summed E-state index contributed by atoms with van der Waals surface area (Å²) in [6, 6.07) is 3.10. The predicted octanol–water partition coefficient (Wildman–Crippen LogP) is 1.67. The molecule has 2 heterocycles. The third-order valence-corrected chi connectivity index (χ3v) is 3.88. The highest BCUT2D eigenvalue weighted by atomic mass is 16.2. The Balaban J connectivity index is 1.79. The Morgan fingerprint density at radius 1 is 1.20 bits per heavy atom. The van der Waals surface area contributed by atoms with E-state index in [0.717, 1.165) is 29.8 Å². The Bertz CT molecular complexity index is 550. The fourth-order valence-electron chi connectivity index (χ4n) is 2.78. The summed E-state index contributed by atoms with van der Waals surface area (Å²) in [5.74, 6) is -0.229. The number of hydrogen-bond acceptors (Lipinski definition) is 4. The highest BCUT2D eigenvalue weighted by molar-refractivity contribution is 6.07. The molecule has 2 fully saturated rings. The fourth-order valence-corrected chi connectivity index (χ4v) is 2.78. The first-order valence-corrected chi connectivity index (χ1v) is 6.82. The number of aromatic nitrogens is 1. The van der Waals surface area contributed by atoms with Crippen molar-refractivity contribution >= 4 is 18.2 Å². The molecule has 3 rings (SSSR count). The summed E-state index contributed by atoms with van der Waals surface area (Å²) in [7, 11) is 0. The molecule has 1 aliphatic heterocycles. The minimum atomic E-state index is -0.717. The van der Waals surface area contributed by atoms with E-state index in [-0.39, 0.29) is 5.91 Å². The molecule has 0 atom stereocenters. The topological polar surface area (TPSA) is 74.7 Å². The summed E-state index contributed by atoms with van der Waals surface area (Å²) < 4.78 is 0. The Labute approximate surface area is 116 Å². The van der Waals surface area contributed by atoms with Crippen molar-refractivity contribution in [2.24, 2.45) is 5.10 Å². The van der Waals surface area contributed by atoms with Crippen molar-refractivity contribution in [2.45, 2.75) is 37.6 Å². The minimum absolute atomic E-state index is 0.229. The van der Waals surface area contributed by atoms with Gasteiger partial charge in [0.15, 0.2) is 0 Å². The van der Waals surface area contributed by atoms with E-state index in [4.69, 9.17) is 0 Å². The predicted molar refractivity (Wildman–Crippen MR) is 73.0 cm³/mol. The van der Waals surface area contributed by atoms with E-state index < -0.39 is 11.6 Å². The first-order valence-electron chi connectivity index (χ1n) is 6.82. The van der Waals surface area contributed by atoms with Gasteiger partial charge in [0.05, 0.1) is 6.21 Å². The summed E-state index contributed by atoms with van der Waals surface area (Å²) in [6.07, 6.45) is 9.23. The van der Waals surface area contributed by atoms with Gasteiger partial charge in [-0.3, -0.25) is 9.78 Å². The van der Waals surface area contributed by atoms with Crippen molar-refractivity contribution in [3.05, 3.63) is 30.1 Å². The molecule has 20 heavy (non-hydrogen) atoms. The molecule has 6 heteroatoms. The fraction of sp³-hybridized carbons (Fsp3) is 0.429. The van der Waals surface area contributed by atoms with Crippen LogP contribution in [0.5, 0.6) is 0 Å². The van der Waals surface area contributed by atoms with Gasteiger partial charge in [-0.1, -0.05) is 19.3 Å². The van der Waals surface area contributed by atoms with Crippen LogP contribution in [0.2, 0.25) is 0 Å². The molecule has 1 aromatic heterocycles. The number of hydrogen-bond donors (Lipinski definition) is 1. The van der Waals surface area contributed by atoms with Crippen LogP contribution < -0.4 is 5.32 Å². The molecule has 2 aliphatic rings. The van der Waals surface area contributed by atoms with Crippen LogP contribution in [-0.2, 0) is 4.79 Å². The summed E-state index contributed by atoms with van der Waals surface area (Å²) in [6.45, 7) is 0. The lowest BCUT2D eigenvalue weighted by Gasteiger charge is -2.29. The maximum absolute atomic E-state index is 12.4. The molecule has 0 bridgehead atoms. The number of amides is 3. The van der Waals surface area contributed by atoms with Crippen molar-refractivity contribution in [2.75, 3.05) is 0 Å². The van der Waals surface area contributed by atoms with Crippen LogP contribution in [0, 0.1) is 0 Å². The molecule has 0 aromatic carbocycles. The van der Waals surface area contributed by atoms with Gasteiger partial charge in [-0.15, -0.1) is 5.01 Å². The Morgan fingerprint density at radius 3 is 2.60 bits per heavy atom. The molecule has 0 unspecified atom stereocenters. The van der Waals surface area contributed by atoms with Crippen molar-refractivity contribution in [1.82, 2.24) is 15.3 Å². The molecule has 1 aromatic rings. The summed E-state index contributed by atoms with van der Waals surface area (Å²) in [5.41, 5.74) is 0.0791. The largest absolute Gasteiger partial charge is 0.346 e. The molecule has 6 nitrogen and oxygen atoms in total. The van der Waals surface area contributed by atoms with Crippen molar-refractivity contribution < 1.29 is 9.59 Å². The second-order valence-electron chi connectivity index (χ2n) is 5.21. The van der Waals surface area contributed by atoms with E-state index in [1.807, 2.05) is 0 Å². The van der Waals surface area contributed by atoms with Crippen LogP contribution >= 0.6 is 0 Å². The van der Waals surface area contributed by atoms with Crippen molar-refractivity contribution in [3.63, 3.8) is 0 Å². The number of imide groups is 1. The summed E-state index contributed by atoms with van der Waals surface area (Å²) in [4.78, 5) is 28.3. The van der Waals surface area contributed by atoms with Crippen LogP contribution in [0.25, 0.3) is 0 Å². The molecular weight excluding hydrogens is 256 g/mol. The van der Waals surface area contributed by atoms with Gasteiger partial charge in [-0.05, 0) is 30.5 Å². The van der Waals surface area contributed by atoms with Crippen LogP contribution in [0.1, 0.15) is 37.7 Å². The SMILES string of the molecule is O=C1NC2(CCCCC2)C(=O)N1/N=C/c1ccncc1. The molecule has 1 saturated heterocycles. The smallest absolute Gasteiger partial charge is 0.321 e. The van der Waals surface area contributed by atoms with Crippen molar-refractivity contribution in [3.8, 4) is 0 Å². The van der Waals surface area contributed by atoms with Gasteiger partial charge in [0.25, 0.3) is 5.91 Å². The second-order valence-corrected chi connectivity index (χ2v) is 5.21. The maximum Gasteiger partial charge on any atom is 0.346 e. The quantitative estimate of drug-likeness (QED) is 0.657. The number of pyridine rings is 1. The Kier molecular flexibility index (Phi) is 3.22. The average Bonchev–Trinajstić information content (AvgIpc) is 2.70. The minimum Gasteiger partial charge on any atom is -0.321 e. The lowest BCUT2D eigenvalue weighted by molar-refractivity contribution is -0.132. The van der Waals surface area contributed by atoms with Gasteiger partial charge in [0.1, 0.15) is 5.54 Å². The summed E-state index contributed by atoms with van der Waals surface area (Å²) >= 11 is 0. The number of nitrogens with zero attached hydrogens (tertiary/aromatic N) is 3. The maximum atomic E-state index is 12.4. The Hall–Kier alpha value is -2.24. The number of rotatable bonds is 2. The van der Waals surface area contributed by atoms with E-state index in [9.17, 15) is 9.59 Å². The number of carbonyl (C=O) groups is 2. The summed E-state index contributed by atoms with van der Waals surface area (Å²) in [5, 5.41) is 7.79. The molecule has 0 radical (unpaired) electrons. The monoisotopic (exact) mass is 272 g/mol. The lowest BCUT2D eigenvalue weighted by atomic mass is 9.82. The van der Waals surface area contributed by atoms with Crippen LogP contribution in [0.3, 0.4) is 0 Å². The first-order chi connectivity index (χ1) is 9.71. The number of urea groups is 1. The molecule has 104 valence electrons. The third-order valence-electron chi connectivity index (χ3n) is 3.88. The van der Waals surface area contributed by atoms with Crippen LogP contribution in [0.4, 0.5) is 4.79 Å². The van der Waals surface area contributed by atoms with E-state index in [2.05, 4.69) is 15.4 Å². The molecular formula is C14H16N4O2.